The normalized spacial score (nSPS) is 14.1. The quantitative estimate of drug-likeness (QED) is 0.342. The minimum atomic E-state index is -0.340. The van der Waals surface area contributed by atoms with Crippen LogP contribution in [0.3, 0.4) is 0 Å². The van der Waals surface area contributed by atoms with Crippen molar-refractivity contribution < 1.29 is 23.9 Å². The van der Waals surface area contributed by atoms with E-state index in [-0.39, 0.29) is 25.8 Å². The number of esters is 1. The van der Waals surface area contributed by atoms with Crippen LogP contribution in [0.25, 0.3) is 11.3 Å². The fraction of sp³-hybridized carbons (Fsp3) is 0.440. The molecule has 9 heteroatoms. The van der Waals surface area contributed by atoms with Gasteiger partial charge in [0.25, 0.3) is 0 Å². The minimum absolute atomic E-state index is 0.184. The summed E-state index contributed by atoms with van der Waals surface area (Å²) in [5.41, 5.74) is 3.76. The number of aryl methyl sites for hydroxylation is 1. The first-order valence-corrected chi connectivity index (χ1v) is 11.6. The summed E-state index contributed by atoms with van der Waals surface area (Å²) in [6.07, 6.45) is 7.39. The van der Waals surface area contributed by atoms with Gasteiger partial charge in [-0.1, -0.05) is 30.5 Å². The number of nitrogens with zero attached hydrogens (tertiary/aromatic N) is 3. The average Bonchev–Trinajstić information content (AvgIpc) is 3.23. The van der Waals surface area contributed by atoms with Crippen molar-refractivity contribution >= 4 is 17.6 Å². The fourth-order valence-electron chi connectivity index (χ4n) is 4.27. The Hall–Kier alpha value is -3.46. The van der Waals surface area contributed by atoms with Crippen molar-refractivity contribution in [3.63, 3.8) is 0 Å². The zero-order chi connectivity index (χ0) is 23.9. The van der Waals surface area contributed by atoms with Crippen LogP contribution in [0.4, 0.5) is 11.6 Å². The number of hydrogen-bond acceptors (Lipinski definition) is 9. The number of carbonyl (C=O) groups excluding carboxylic acids is 1. The van der Waals surface area contributed by atoms with E-state index in [0.717, 1.165) is 29.8 Å². The van der Waals surface area contributed by atoms with E-state index < -0.39 is 0 Å². The molecular weight excluding hydrogens is 436 g/mol. The molecule has 1 saturated carbocycles. The van der Waals surface area contributed by atoms with E-state index in [1.54, 1.807) is 6.20 Å². The molecule has 1 fully saturated rings. The van der Waals surface area contributed by atoms with Gasteiger partial charge in [0.2, 0.25) is 5.95 Å². The van der Waals surface area contributed by atoms with Crippen LogP contribution in [-0.2, 0) is 16.1 Å². The number of anilines is 2. The third kappa shape index (κ3) is 5.72. The van der Waals surface area contributed by atoms with E-state index in [0.29, 0.717) is 34.6 Å². The van der Waals surface area contributed by atoms with Crippen molar-refractivity contribution in [3.8, 4) is 17.0 Å². The maximum atomic E-state index is 10.9. The summed E-state index contributed by atoms with van der Waals surface area (Å²) < 4.78 is 16.1. The Morgan fingerprint density at radius 2 is 2.06 bits per heavy atom. The van der Waals surface area contributed by atoms with Crippen molar-refractivity contribution in [2.24, 2.45) is 0 Å². The lowest BCUT2D eigenvalue weighted by atomic mass is 9.84. The van der Waals surface area contributed by atoms with Crippen LogP contribution in [0.2, 0.25) is 0 Å². The molecule has 34 heavy (non-hydrogen) atoms. The van der Waals surface area contributed by atoms with Gasteiger partial charge in [0.1, 0.15) is 24.7 Å². The Kier molecular flexibility index (Phi) is 7.74. The van der Waals surface area contributed by atoms with Crippen LogP contribution in [-0.4, -0.2) is 39.4 Å². The second kappa shape index (κ2) is 11.1. The Morgan fingerprint density at radius 3 is 2.82 bits per heavy atom. The summed E-state index contributed by atoms with van der Waals surface area (Å²) in [6.45, 7) is 3.49. The molecule has 3 aromatic rings. The number of benzene rings is 1. The van der Waals surface area contributed by atoms with Crippen LogP contribution in [0.5, 0.6) is 5.75 Å². The van der Waals surface area contributed by atoms with Gasteiger partial charge in [-0.3, -0.25) is 4.79 Å². The van der Waals surface area contributed by atoms with Crippen molar-refractivity contribution in [2.75, 3.05) is 18.5 Å². The Labute approximate surface area is 198 Å². The molecule has 0 unspecified atom stereocenters. The maximum absolute atomic E-state index is 10.9. The molecule has 4 rings (SSSR count). The molecule has 180 valence electrons. The highest BCUT2D eigenvalue weighted by atomic mass is 16.6. The molecular formula is C25H30N4O5. The van der Waals surface area contributed by atoms with Gasteiger partial charge in [-0.25, -0.2) is 9.97 Å². The lowest BCUT2D eigenvalue weighted by Crippen LogP contribution is -2.09. The van der Waals surface area contributed by atoms with Gasteiger partial charge in [0.05, 0.1) is 23.6 Å². The third-order valence-electron chi connectivity index (χ3n) is 5.90. The lowest BCUT2D eigenvalue weighted by molar-refractivity contribution is -0.141. The smallest absolute Gasteiger partial charge is 0.302 e. The van der Waals surface area contributed by atoms with Gasteiger partial charge in [0.15, 0.2) is 0 Å². The molecule has 0 atom stereocenters. The Morgan fingerprint density at radius 1 is 1.24 bits per heavy atom. The van der Waals surface area contributed by atoms with E-state index in [9.17, 15) is 9.90 Å². The van der Waals surface area contributed by atoms with E-state index >= 15 is 0 Å². The minimum Gasteiger partial charge on any atom is -0.490 e. The van der Waals surface area contributed by atoms with Gasteiger partial charge < -0.3 is 24.4 Å². The second-order valence-electron chi connectivity index (χ2n) is 8.40. The highest BCUT2D eigenvalue weighted by Crippen LogP contribution is 2.39. The highest BCUT2D eigenvalue weighted by molar-refractivity contribution is 5.70. The molecule has 0 bridgehead atoms. The predicted molar refractivity (Wildman–Crippen MR) is 126 cm³/mol. The zero-order valence-electron chi connectivity index (χ0n) is 19.5. The summed E-state index contributed by atoms with van der Waals surface area (Å²) in [5, 5.41) is 17.5. The molecule has 0 aliphatic heterocycles. The summed E-state index contributed by atoms with van der Waals surface area (Å²) in [4.78, 5) is 20.0. The number of nitrogens with one attached hydrogen (secondary N) is 1. The van der Waals surface area contributed by atoms with Crippen molar-refractivity contribution in [1.82, 2.24) is 15.1 Å². The first-order chi connectivity index (χ1) is 16.5. The lowest BCUT2D eigenvalue weighted by Gasteiger charge is -2.20. The molecule has 9 nitrogen and oxygen atoms in total. The first-order valence-electron chi connectivity index (χ1n) is 11.6. The van der Waals surface area contributed by atoms with Gasteiger partial charge in [0, 0.05) is 36.4 Å². The van der Waals surface area contributed by atoms with Crippen molar-refractivity contribution in [1.29, 1.82) is 0 Å². The van der Waals surface area contributed by atoms with Gasteiger partial charge in [-0.15, -0.1) is 0 Å². The number of aromatic nitrogens is 3. The average molecular weight is 467 g/mol. The van der Waals surface area contributed by atoms with Crippen LogP contribution in [0.15, 0.2) is 35.0 Å². The van der Waals surface area contributed by atoms with E-state index in [4.69, 9.17) is 19.0 Å². The zero-order valence-corrected chi connectivity index (χ0v) is 19.5. The molecule has 1 aliphatic rings. The van der Waals surface area contributed by atoms with Gasteiger partial charge in [-0.2, -0.15) is 0 Å². The molecule has 2 heterocycles. The van der Waals surface area contributed by atoms with Crippen LogP contribution in [0.1, 0.15) is 62.0 Å². The SMILES string of the molecule is CC(=O)OCCOc1cccc(Nc2ncc(CO)c(-c3c(C4CCCCC4)noc3C)n2)c1. The largest absolute Gasteiger partial charge is 0.490 e. The van der Waals surface area contributed by atoms with Crippen molar-refractivity contribution in [2.45, 2.75) is 58.5 Å². The number of aliphatic hydroxyl groups is 1. The fourth-order valence-corrected chi connectivity index (χ4v) is 4.27. The Bertz CT molecular complexity index is 1120. The number of aliphatic hydroxyl groups excluding tert-OH is 1. The van der Waals surface area contributed by atoms with Crippen LogP contribution < -0.4 is 10.1 Å². The first kappa shape index (κ1) is 23.7. The number of ether oxygens (including phenoxy) is 2. The highest BCUT2D eigenvalue weighted by Gasteiger charge is 2.27. The number of hydrogen-bond donors (Lipinski definition) is 2. The molecule has 1 aromatic carbocycles. The standard InChI is InChI=1S/C25H30N4O5/c1-16-22(24(29-34-16)18-7-4-3-5-8-18)23-19(15-30)14-26-25(28-23)27-20-9-6-10-21(13-20)33-12-11-32-17(2)31/h6,9-10,13-14,18,30H,3-5,7-8,11-12,15H2,1-2H3,(H,26,27,28). The van der Waals surface area contributed by atoms with Gasteiger partial charge in [-0.05, 0) is 31.9 Å². The molecule has 0 amide bonds. The molecule has 1 aliphatic carbocycles. The maximum Gasteiger partial charge on any atom is 0.302 e. The predicted octanol–water partition coefficient (Wildman–Crippen LogP) is 4.67. The molecule has 0 spiro atoms. The van der Waals surface area contributed by atoms with E-state index in [2.05, 4.69) is 15.5 Å². The van der Waals surface area contributed by atoms with E-state index in [1.165, 1.54) is 26.2 Å². The summed E-state index contributed by atoms with van der Waals surface area (Å²) >= 11 is 0. The monoisotopic (exact) mass is 466 g/mol. The number of rotatable bonds is 9. The van der Waals surface area contributed by atoms with Crippen LogP contribution >= 0.6 is 0 Å². The van der Waals surface area contributed by atoms with Crippen molar-refractivity contribution in [3.05, 3.63) is 47.5 Å². The molecule has 0 saturated heterocycles. The Balaban J connectivity index is 1.56. The number of carbonyl (C=O) groups is 1. The van der Waals surface area contributed by atoms with E-state index in [1.807, 2.05) is 31.2 Å². The molecule has 2 N–H and O–H groups in total. The second-order valence-corrected chi connectivity index (χ2v) is 8.40. The summed E-state index contributed by atoms with van der Waals surface area (Å²) in [6, 6.07) is 7.35. The topological polar surface area (TPSA) is 120 Å². The van der Waals surface area contributed by atoms with Crippen LogP contribution in [0, 0.1) is 6.92 Å². The summed E-state index contributed by atoms with van der Waals surface area (Å²) in [7, 11) is 0. The summed E-state index contributed by atoms with van der Waals surface area (Å²) in [5.74, 6) is 1.69. The molecule has 2 aromatic heterocycles. The third-order valence-corrected chi connectivity index (χ3v) is 5.90. The molecule has 0 radical (unpaired) electrons. The van der Waals surface area contributed by atoms with Gasteiger partial charge >= 0.3 is 5.97 Å².